The fourth-order valence-electron chi connectivity index (χ4n) is 2.22. The summed E-state index contributed by atoms with van der Waals surface area (Å²) in [6.07, 6.45) is 0. The van der Waals surface area contributed by atoms with E-state index in [0.29, 0.717) is 6.54 Å². The number of urea groups is 1. The second-order valence-corrected chi connectivity index (χ2v) is 7.11. The van der Waals surface area contributed by atoms with Crippen LogP contribution in [0.25, 0.3) is 0 Å². The van der Waals surface area contributed by atoms with Gasteiger partial charge in [-0.2, -0.15) is 0 Å². The molecule has 0 saturated heterocycles. The normalized spacial score (nSPS) is 10.9. The highest BCUT2D eigenvalue weighted by molar-refractivity contribution is 14.0. The van der Waals surface area contributed by atoms with Gasteiger partial charge in [-0.3, -0.25) is 0 Å². The highest BCUT2D eigenvalue weighted by atomic mass is 127. The predicted molar refractivity (Wildman–Crippen MR) is 125 cm³/mol. The summed E-state index contributed by atoms with van der Waals surface area (Å²) in [5.74, 6) is 0.791. The molecule has 0 aliphatic carbocycles. The molecule has 0 radical (unpaired) electrons. The molecule has 0 atom stereocenters. The average Bonchev–Trinajstić information content (AvgIpc) is 3.11. The Labute approximate surface area is 182 Å². The summed E-state index contributed by atoms with van der Waals surface area (Å²) < 4.78 is 0. The van der Waals surface area contributed by atoms with Crippen molar-refractivity contribution in [2.45, 2.75) is 39.9 Å². The number of amides is 2. The molecule has 2 rings (SSSR count). The van der Waals surface area contributed by atoms with Crippen LogP contribution in [0.1, 0.15) is 31.2 Å². The van der Waals surface area contributed by atoms with E-state index < -0.39 is 0 Å². The lowest BCUT2D eigenvalue weighted by atomic mass is 10.2. The largest absolute Gasteiger partial charge is 0.357 e. The minimum atomic E-state index is -0.196. The molecule has 1 heterocycles. The third-order valence-electron chi connectivity index (χ3n) is 3.41. The van der Waals surface area contributed by atoms with Gasteiger partial charge in [0.1, 0.15) is 0 Å². The van der Waals surface area contributed by atoms with E-state index >= 15 is 0 Å². The smallest absolute Gasteiger partial charge is 0.319 e. The second-order valence-electron chi connectivity index (χ2n) is 6.08. The molecule has 0 spiro atoms. The van der Waals surface area contributed by atoms with Crippen LogP contribution >= 0.6 is 35.3 Å². The van der Waals surface area contributed by atoms with Gasteiger partial charge in [-0.1, -0.05) is 18.2 Å². The van der Waals surface area contributed by atoms with E-state index in [2.05, 4.69) is 37.7 Å². The summed E-state index contributed by atoms with van der Waals surface area (Å²) in [6, 6.07) is 11.8. The van der Waals surface area contributed by atoms with Gasteiger partial charge in [0.05, 0.1) is 13.1 Å². The summed E-state index contributed by atoms with van der Waals surface area (Å²) in [4.78, 5) is 17.6. The number of carbonyl (C=O) groups is 1. The fraction of sp³-hybridized carbons (Fsp3) is 0.368. The third kappa shape index (κ3) is 9.09. The summed E-state index contributed by atoms with van der Waals surface area (Å²) in [5, 5.41) is 14.3. The van der Waals surface area contributed by atoms with Crippen molar-refractivity contribution in [3.63, 3.8) is 0 Å². The zero-order valence-electron chi connectivity index (χ0n) is 15.9. The Kier molecular flexibility index (Phi) is 10.8. The van der Waals surface area contributed by atoms with Gasteiger partial charge in [0.15, 0.2) is 5.96 Å². The number of nitrogens with zero attached hydrogens (tertiary/aromatic N) is 1. The standard InChI is InChI=1S/C19H27N5OS.HI/c1-4-20-18(22-13-17-6-5-11-26-17)21-12-15-7-9-16(10-8-15)24-19(25)23-14(2)3;/h5-11,14H,4,12-13H2,1-3H3,(H2,20,21,22)(H2,23,24,25);1H. The van der Waals surface area contributed by atoms with Gasteiger partial charge in [-0.25, -0.2) is 9.79 Å². The number of halogens is 1. The van der Waals surface area contributed by atoms with Gasteiger partial charge in [0, 0.05) is 23.2 Å². The number of carbonyl (C=O) groups excluding carboxylic acids is 1. The zero-order valence-corrected chi connectivity index (χ0v) is 19.1. The van der Waals surface area contributed by atoms with Crippen LogP contribution in [-0.4, -0.2) is 24.6 Å². The molecule has 0 aliphatic heterocycles. The Morgan fingerprint density at radius 1 is 1.15 bits per heavy atom. The number of anilines is 1. The molecule has 148 valence electrons. The van der Waals surface area contributed by atoms with Gasteiger partial charge < -0.3 is 21.3 Å². The van der Waals surface area contributed by atoms with E-state index in [1.54, 1.807) is 11.3 Å². The molecule has 8 heteroatoms. The molecule has 0 aliphatic rings. The molecule has 2 amide bonds. The maximum Gasteiger partial charge on any atom is 0.319 e. The lowest BCUT2D eigenvalue weighted by Crippen LogP contribution is -2.36. The summed E-state index contributed by atoms with van der Waals surface area (Å²) >= 11 is 1.72. The Morgan fingerprint density at radius 2 is 1.89 bits per heavy atom. The molecule has 0 saturated carbocycles. The molecule has 1 aromatic heterocycles. The topological polar surface area (TPSA) is 77.5 Å². The Morgan fingerprint density at radius 3 is 2.48 bits per heavy atom. The van der Waals surface area contributed by atoms with Gasteiger partial charge in [0.2, 0.25) is 0 Å². The molecular formula is C19H28IN5OS. The monoisotopic (exact) mass is 501 g/mol. The maximum absolute atomic E-state index is 11.7. The molecule has 0 fully saturated rings. The summed E-state index contributed by atoms with van der Waals surface area (Å²) in [6.45, 7) is 8.04. The molecule has 27 heavy (non-hydrogen) atoms. The molecule has 0 unspecified atom stereocenters. The fourth-order valence-corrected chi connectivity index (χ4v) is 2.86. The SMILES string of the molecule is CCNC(=NCc1ccc(NC(=O)NC(C)C)cc1)NCc1cccs1.I. The second kappa shape index (κ2) is 12.6. The predicted octanol–water partition coefficient (Wildman–Crippen LogP) is 4.15. The van der Waals surface area contributed by atoms with E-state index in [-0.39, 0.29) is 36.0 Å². The van der Waals surface area contributed by atoms with Crippen LogP contribution in [0.4, 0.5) is 10.5 Å². The first-order valence-electron chi connectivity index (χ1n) is 8.78. The lowest BCUT2D eigenvalue weighted by Gasteiger charge is -2.11. The first kappa shape index (κ1) is 23.2. The van der Waals surface area contributed by atoms with Crippen molar-refractivity contribution in [2.24, 2.45) is 4.99 Å². The van der Waals surface area contributed by atoms with E-state index in [4.69, 9.17) is 0 Å². The number of thiophene rings is 1. The summed E-state index contributed by atoms with van der Waals surface area (Å²) in [7, 11) is 0. The van der Waals surface area contributed by atoms with Gasteiger partial charge in [-0.05, 0) is 49.9 Å². The van der Waals surface area contributed by atoms with Crippen molar-refractivity contribution >= 4 is 53.0 Å². The van der Waals surface area contributed by atoms with Crippen molar-refractivity contribution in [3.05, 3.63) is 52.2 Å². The van der Waals surface area contributed by atoms with Crippen molar-refractivity contribution in [3.8, 4) is 0 Å². The van der Waals surface area contributed by atoms with E-state index in [1.807, 2.05) is 51.1 Å². The van der Waals surface area contributed by atoms with Crippen LogP contribution in [0.5, 0.6) is 0 Å². The number of nitrogens with one attached hydrogen (secondary N) is 4. The van der Waals surface area contributed by atoms with Crippen molar-refractivity contribution in [2.75, 3.05) is 11.9 Å². The number of aliphatic imine (C=N–C) groups is 1. The number of benzene rings is 1. The molecule has 1 aromatic carbocycles. The molecule has 4 N–H and O–H groups in total. The van der Waals surface area contributed by atoms with Crippen LogP contribution in [0, 0.1) is 0 Å². The van der Waals surface area contributed by atoms with Gasteiger partial charge in [-0.15, -0.1) is 35.3 Å². The first-order chi connectivity index (χ1) is 12.6. The summed E-state index contributed by atoms with van der Waals surface area (Å²) in [5.41, 5.74) is 1.84. The Balaban J connectivity index is 0.00000364. The minimum Gasteiger partial charge on any atom is -0.357 e. The average molecular weight is 501 g/mol. The number of hydrogen-bond acceptors (Lipinski definition) is 3. The quantitative estimate of drug-likeness (QED) is 0.262. The van der Waals surface area contributed by atoms with Crippen LogP contribution in [0.2, 0.25) is 0 Å². The molecular weight excluding hydrogens is 473 g/mol. The van der Waals surface area contributed by atoms with Crippen LogP contribution in [0.3, 0.4) is 0 Å². The van der Waals surface area contributed by atoms with Crippen LogP contribution in [-0.2, 0) is 13.1 Å². The number of rotatable bonds is 7. The molecule has 0 bridgehead atoms. The van der Waals surface area contributed by atoms with Crippen molar-refractivity contribution < 1.29 is 4.79 Å². The van der Waals surface area contributed by atoms with Gasteiger partial charge in [0.25, 0.3) is 0 Å². The van der Waals surface area contributed by atoms with Crippen LogP contribution < -0.4 is 21.3 Å². The third-order valence-corrected chi connectivity index (χ3v) is 4.28. The minimum absolute atomic E-state index is 0. The van der Waals surface area contributed by atoms with Crippen molar-refractivity contribution in [1.82, 2.24) is 16.0 Å². The maximum atomic E-state index is 11.7. The highest BCUT2D eigenvalue weighted by Crippen LogP contribution is 2.11. The molecule has 6 nitrogen and oxygen atoms in total. The molecule has 2 aromatic rings. The van der Waals surface area contributed by atoms with E-state index in [0.717, 1.165) is 30.3 Å². The van der Waals surface area contributed by atoms with E-state index in [9.17, 15) is 4.79 Å². The Bertz CT molecular complexity index is 701. The Hall–Kier alpha value is -1.81. The van der Waals surface area contributed by atoms with Gasteiger partial charge >= 0.3 is 6.03 Å². The van der Waals surface area contributed by atoms with Crippen molar-refractivity contribution in [1.29, 1.82) is 0 Å². The highest BCUT2D eigenvalue weighted by Gasteiger charge is 2.03. The zero-order chi connectivity index (χ0) is 18.8. The van der Waals surface area contributed by atoms with Crippen LogP contribution in [0.15, 0.2) is 46.8 Å². The van der Waals surface area contributed by atoms with E-state index in [1.165, 1.54) is 4.88 Å². The number of guanidine groups is 1. The first-order valence-corrected chi connectivity index (χ1v) is 9.65. The lowest BCUT2D eigenvalue weighted by molar-refractivity contribution is 0.250. The number of hydrogen-bond donors (Lipinski definition) is 4.